The lowest BCUT2D eigenvalue weighted by Gasteiger charge is -2.32. The molecular weight excluding hydrogens is 510 g/mol. The fraction of sp³-hybridized carbons (Fsp3) is 0.167. The highest BCUT2D eigenvalue weighted by Gasteiger charge is 2.33. The van der Waals surface area contributed by atoms with Gasteiger partial charge in [0.25, 0.3) is 0 Å². The summed E-state index contributed by atoms with van der Waals surface area (Å²) in [5.41, 5.74) is 3.12. The number of nitriles is 1. The molecule has 1 saturated carbocycles. The van der Waals surface area contributed by atoms with Gasteiger partial charge < -0.3 is 5.11 Å². The molecule has 0 atom stereocenters. The molecule has 3 aromatic carbocycles. The highest BCUT2D eigenvalue weighted by molar-refractivity contribution is 6.02. The Kier molecular flexibility index (Phi) is 6.79. The van der Waals surface area contributed by atoms with Gasteiger partial charge in [0.2, 0.25) is 5.95 Å². The Bertz CT molecular complexity index is 1670. The fourth-order valence-electron chi connectivity index (χ4n) is 4.84. The minimum absolute atomic E-state index is 0.0275. The molecule has 2 N–H and O–H groups in total. The number of H-pyrrole nitrogens is 1. The van der Waals surface area contributed by atoms with Gasteiger partial charge in [-0.1, -0.05) is 42.8 Å². The van der Waals surface area contributed by atoms with Crippen LogP contribution in [0.25, 0.3) is 28.1 Å². The Hall–Kier alpha value is -4.71. The highest BCUT2D eigenvalue weighted by atomic mass is 19.4. The molecule has 5 nitrogen and oxygen atoms in total. The summed E-state index contributed by atoms with van der Waals surface area (Å²) in [5.74, 6) is -1.73. The van der Waals surface area contributed by atoms with Gasteiger partial charge in [-0.15, -0.1) is 0 Å². The number of carboxylic acids is 1. The van der Waals surface area contributed by atoms with Crippen LogP contribution >= 0.6 is 0 Å². The van der Waals surface area contributed by atoms with Crippen molar-refractivity contribution in [2.45, 2.75) is 25.4 Å². The molecule has 4 aromatic rings. The summed E-state index contributed by atoms with van der Waals surface area (Å²) in [6.45, 7) is 0. The molecule has 1 aromatic heterocycles. The molecule has 196 valence electrons. The first-order valence-electron chi connectivity index (χ1n) is 12.2. The molecule has 1 aliphatic rings. The van der Waals surface area contributed by atoms with Gasteiger partial charge in [-0.25, -0.2) is 4.79 Å². The number of aromatic nitrogens is 2. The van der Waals surface area contributed by atoms with Crippen LogP contribution in [0.3, 0.4) is 0 Å². The first-order chi connectivity index (χ1) is 18.7. The van der Waals surface area contributed by atoms with Gasteiger partial charge >= 0.3 is 12.1 Å². The maximum absolute atomic E-state index is 14.5. The van der Waals surface area contributed by atoms with Crippen LogP contribution in [0.2, 0.25) is 0 Å². The van der Waals surface area contributed by atoms with Crippen LogP contribution in [0, 0.1) is 23.2 Å². The minimum atomic E-state index is -4.60. The van der Waals surface area contributed by atoms with E-state index in [0.717, 1.165) is 37.5 Å². The zero-order valence-corrected chi connectivity index (χ0v) is 20.4. The van der Waals surface area contributed by atoms with Gasteiger partial charge in [0, 0.05) is 6.08 Å². The van der Waals surface area contributed by atoms with Crippen molar-refractivity contribution in [1.82, 2.24) is 10.2 Å². The van der Waals surface area contributed by atoms with Crippen molar-refractivity contribution in [2.75, 3.05) is 0 Å². The SMILES string of the molecule is N#Cc1cc(C(F)(F)F)ccc1C(=C(c1ccc(/C=C/C(=O)O)cc1)c1ccc2n[nH]c(F)c2c1)C1CCC1. The minimum Gasteiger partial charge on any atom is -0.478 e. The highest BCUT2D eigenvalue weighted by Crippen LogP contribution is 2.47. The van der Waals surface area contributed by atoms with Crippen LogP contribution in [0.4, 0.5) is 17.6 Å². The Labute approximate surface area is 220 Å². The van der Waals surface area contributed by atoms with Crippen molar-refractivity contribution in [3.8, 4) is 6.07 Å². The van der Waals surface area contributed by atoms with Gasteiger partial charge in [-0.05, 0) is 82.5 Å². The van der Waals surface area contributed by atoms with Crippen LogP contribution in [-0.4, -0.2) is 21.3 Å². The van der Waals surface area contributed by atoms with Gasteiger partial charge in [0.1, 0.15) is 0 Å². The number of fused-ring (bicyclic) bond motifs is 1. The number of carboxylic acid groups (broad SMARTS) is 1. The van der Waals surface area contributed by atoms with E-state index in [0.29, 0.717) is 38.9 Å². The van der Waals surface area contributed by atoms with Crippen LogP contribution in [0.15, 0.2) is 66.7 Å². The van der Waals surface area contributed by atoms with E-state index in [1.807, 2.05) is 6.07 Å². The zero-order valence-electron chi connectivity index (χ0n) is 20.4. The Morgan fingerprint density at radius 1 is 1.05 bits per heavy atom. The number of halogens is 4. The number of nitrogens with zero attached hydrogens (tertiary/aromatic N) is 2. The van der Waals surface area contributed by atoms with Crippen molar-refractivity contribution < 1.29 is 27.5 Å². The smallest absolute Gasteiger partial charge is 0.416 e. The number of benzene rings is 3. The fourth-order valence-corrected chi connectivity index (χ4v) is 4.84. The molecule has 0 aliphatic heterocycles. The van der Waals surface area contributed by atoms with Crippen LogP contribution in [0.1, 0.15) is 52.6 Å². The molecule has 1 fully saturated rings. The predicted molar refractivity (Wildman–Crippen MR) is 139 cm³/mol. The third-order valence-electron chi connectivity index (χ3n) is 6.95. The van der Waals surface area contributed by atoms with Crippen LogP contribution in [0.5, 0.6) is 0 Å². The van der Waals surface area contributed by atoms with Gasteiger partial charge in [0.05, 0.1) is 28.1 Å². The summed E-state index contributed by atoms with van der Waals surface area (Å²) in [4.78, 5) is 10.9. The average Bonchev–Trinajstić information content (AvgIpc) is 3.25. The second-order valence-electron chi connectivity index (χ2n) is 9.35. The van der Waals surface area contributed by atoms with E-state index < -0.39 is 23.7 Å². The lowest BCUT2D eigenvalue weighted by Crippen LogP contribution is -2.16. The monoisotopic (exact) mass is 531 g/mol. The average molecular weight is 532 g/mol. The van der Waals surface area contributed by atoms with E-state index in [9.17, 15) is 27.6 Å². The number of hydrogen-bond acceptors (Lipinski definition) is 3. The maximum Gasteiger partial charge on any atom is 0.416 e. The van der Waals surface area contributed by atoms with E-state index in [1.54, 1.807) is 42.5 Å². The molecule has 39 heavy (non-hydrogen) atoms. The third-order valence-corrected chi connectivity index (χ3v) is 6.95. The van der Waals surface area contributed by atoms with Gasteiger partial charge in [-0.3, -0.25) is 5.10 Å². The topological polar surface area (TPSA) is 89.8 Å². The van der Waals surface area contributed by atoms with E-state index in [1.165, 1.54) is 12.1 Å². The zero-order chi connectivity index (χ0) is 27.7. The second-order valence-corrected chi connectivity index (χ2v) is 9.35. The van der Waals surface area contributed by atoms with Crippen molar-refractivity contribution >= 4 is 34.1 Å². The molecule has 0 unspecified atom stereocenters. The molecule has 0 saturated heterocycles. The molecule has 0 bridgehead atoms. The summed E-state index contributed by atoms with van der Waals surface area (Å²) in [5, 5.41) is 25.3. The standard InChI is InChI=1S/C30H21F4N3O2/c31-29-24-15-20(9-12-25(24)36-37-29)27(19-7-4-17(5-8-19)6-13-26(38)39)28(18-2-1-3-18)23-11-10-22(30(32,33)34)14-21(23)16-35/h4-15,18H,1-3H2,(H,36,37)(H,38,39)/b13-6+,28-27?. The molecule has 1 heterocycles. The maximum atomic E-state index is 14.5. The molecular formula is C30H21F4N3O2. The van der Waals surface area contributed by atoms with Gasteiger partial charge in [-0.2, -0.15) is 27.9 Å². The molecule has 9 heteroatoms. The van der Waals surface area contributed by atoms with E-state index in [-0.39, 0.29) is 16.9 Å². The normalized spacial score (nSPS) is 14.7. The third kappa shape index (κ3) is 5.18. The summed E-state index contributed by atoms with van der Waals surface area (Å²) < 4.78 is 54.9. The van der Waals surface area contributed by atoms with Crippen molar-refractivity contribution in [3.63, 3.8) is 0 Å². The lowest BCUT2D eigenvalue weighted by atomic mass is 9.72. The Balaban J connectivity index is 1.79. The second kappa shape index (κ2) is 10.2. The number of allylic oxidation sites excluding steroid dienone is 1. The van der Waals surface area contributed by atoms with E-state index >= 15 is 0 Å². The summed E-state index contributed by atoms with van der Waals surface area (Å²) in [6, 6.07) is 17.2. The van der Waals surface area contributed by atoms with Crippen LogP contribution in [-0.2, 0) is 11.0 Å². The van der Waals surface area contributed by atoms with E-state index in [2.05, 4.69) is 10.2 Å². The number of nitrogens with one attached hydrogen (secondary N) is 1. The summed E-state index contributed by atoms with van der Waals surface area (Å²) in [6.07, 6.45) is 0.356. The largest absolute Gasteiger partial charge is 0.478 e. The molecule has 0 amide bonds. The van der Waals surface area contributed by atoms with Crippen molar-refractivity contribution in [3.05, 3.63) is 106 Å². The number of alkyl halides is 3. The number of carbonyl (C=O) groups is 1. The van der Waals surface area contributed by atoms with Crippen molar-refractivity contribution in [2.24, 2.45) is 5.92 Å². The van der Waals surface area contributed by atoms with Crippen LogP contribution < -0.4 is 0 Å². The molecule has 0 radical (unpaired) electrons. The molecule has 5 rings (SSSR count). The first kappa shape index (κ1) is 25.9. The number of aliphatic carboxylic acids is 1. The number of aromatic amines is 1. The van der Waals surface area contributed by atoms with Gasteiger partial charge in [0.15, 0.2) is 0 Å². The molecule has 0 spiro atoms. The molecule has 1 aliphatic carbocycles. The number of rotatable bonds is 6. The number of hydrogen-bond donors (Lipinski definition) is 2. The lowest BCUT2D eigenvalue weighted by molar-refractivity contribution is -0.137. The van der Waals surface area contributed by atoms with Crippen molar-refractivity contribution in [1.29, 1.82) is 5.26 Å². The summed E-state index contributed by atoms with van der Waals surface area (Å²) >= 11 is 0. The Morgan fingerprint density at radius 2 is 1.77 bits per heavy atom. The first-order valence-corrected chi connectivity index (χ1v) is 12.2. The van der Waals surface area contributed by atoms with E-state index in [4.69, 9.17) is 5.11 Å². The quantitative estimate of drug-likeness (QED) is 0.154. The predicted octanol–water partition coefficient (Wildman–Crippen LogP) is 7.45. The Morgan fingerprint density at radius 3 is 2.38 bits per heavy atom. The summed E-state index contributed by atoms with van der Waals surface area (Å²) in [7, 11) is 0.